The maximum Gasteiger partial charge on any atom is 0.827 e. The molecule has 0 aliphatic carbocycles. The van der Waals surface area contributed by atoms with Gasteiger partial charge in [-0.05, 0) is 25.7 Å². The van der Waals surface area contributed by atoms with E-state index in [1.165, 1.54) is 19.6 Å². The summed E-state index contributed by atoms with van der Waals surface area (Å²) in [5, 5.41) is 37.9. The maximum absolute atomic E-state index is 9.47. The van der Waals surface area contributed by atoms with Crippen molar-refractivity contribution < 1.29 is 19.6 Å². The Balaban J connectivity index is 0. The molecule has 0 heterocycles. The van der Waals surface area contributed by atoms with Gasteiger partial charge in [0.25, 0.3) is 0 Å². The van der Waals surface area contributed by atoms with E-state index in [4.69, 9.17) is 0 Å². The first-order valence-corrected chi connectivity index (χ1v) is 4.95. The maximum atomic E-state index is 9.47. The second kappa shape index (κ2) is 9.27. The Labute approximate surface area is 97.6 Å². The number of hydrogen-bond acceptors (Lipinski definition) is 6. The minimum absolute atomic E-state index is 1.27. The average Bonchev–Trinajstić information content (AvgIpc) is 2.19. The van der Waals surface area contributed by atoms with Gasteiger partial charge in [0.1, 0.15) is 0 Å². The van der Waals surface area contributed by atoms with Gasteiger partial charge in [-0.1, -0.05) is 0 Å². The summed E-state index contributed by atoms with van der Waals surface area (Å²) in [6.07, 6.45) is 0. The minimum Gasteiger partial charge on any atom is -0.602 e. The molecule has 10 nitrogen and oxygen atoms in total. The Morgan fingerprint density at radius 1 is 0.882 bits per heavy atom. The van der Waals surface area contributed by atoms with E-state index in [-0.39, 0.29) is 0 Å². The van der Waals surface area contributed by atoms with E-state index in [0.717, 1.165) is 0 Å². The van der Waals surface area contributed by atoms with Crippen LogP contribution in [0.5, 0.6) is 0 Å². The van der Waals surface area contributed by atoms with Gasteiger partial charge in [0.2, 0.25) is 9.85 Å². The highest BCUT2D eigenvalue weighted by molar-refractivity contribution is 5.56. The standard InChI is InChI=1S/C6H15N.CN3O6/c1-4-7(5-2)6-3;5-2(6)1(3(7)8)4(9)10/h4-6H2,1-3H3;/q;-1/p+1. The van der Waals surface area contributed by atoms with E-state index < -0.39 is 20.7 Å². The second-order valence-electron chi connectivity index (χ2n) is 2.88. The van der Waals surface area contributed by atoms with Crippen LogP contribution in [0.2, 0.25) is 0 Å². The molecule has 0 rings (SSSR count). The summed E-state index contributed by atoms with van der Waals surface area (Å²) >= 11 is 0. The van der Waals surface area contributed by atoms with Gasteiger partial charge in [-0.25, -0.2) is 20.2 Å². The Hall–Kier alpha value is -1.97. The molecule has 0 aromatic carbocycles. The summed E-state index contributed by atoms with van der Waals surface area (Å²) in [5.74, 6) is -2.14. The molecule has 0 saturated carbocycles. The van der Waals surface area contributed by atoms with Crippen molar-refractivity contribution in [1.82, 2.24) is 0 Å². The summed E-state index contributed by atoms with van der Waals surface area (Å²) in [7, 11) is 0. The SMILES string of the molecule is CC[NH+](CC)CC.O=[N+]([O-])C([N+](=O)[O-])=[N+]([O-])[O-]. The van der Waals surface area contributed by atoms with Crippen molar-refractivity contribution >= 4 is 5.96 Å². The summed E-state index contributed by atoms with van der Waals surface area (Å²) in [5.41, 5.74) is 0. The lowest BCUT2D eigenvalue weighted by Crippen LogP contribution is -3.11. The fourth-order valence-electron chi connectivity index (χ4n) is 0.950. The van der Waals surface area contributed by atoms with Gasteiger partial charge in [-0.3, -0.25) is 0 Å². The number of guanidine groups is 1. The molecule has 0 aliphatic rings. The Kier molecular flexibility index (Phi) is 9.50. The predicted octanol–water partition coefficient (Wildman–Crippen LogP) is -1.17. The molecule has 0 aromatic heterocycles. The molecule has 0 amide bonds. The van der Waals surface area contributed by atoms with Crippen LogP contribution in [0.3, 0.4) is 0 Å². The number of quaternary nitrogens is 1. The molecule has 0 fully saturated rings. The van der Waals surface area contributed by atoms with Gasteiger partial charge in [0.05, 0.1) is 19.6 Å². The second-order valence-corrected chi connectivity index (χ2v) is 2.88. The molecule has 0 unspecified atom stereocenters. The Bertz CT molecular complexity index is 263. The lowest BCUT2D eigenvalue weighted by molar-refractivity contribution is -0.894. The van der Waals surface area contributed by atoms with Crippen LogP contribution in [-0.2, 0) is 0 Å². The highest BCUT2D eigenvalue weighted by Crippen LogP contribution is 1.80. The van der Waals surface area contributed by atoms with Gasteiger partial charge in [-0.2, -0.15) is 0 Å². The van der Waals surface area contributed by atoms with Crippen LogP contribution in [-0.4, -0.2) is 40.3 Å². The molecule has 100 valence electrons. The average molecular weight is 252 g/mol. The van der Waals surface area contributed by atoms with E-state index in [0.29, 0.717) is 0 Å². The quantitative estimate of drug-likeness (QED) is 0.221. The number of nitro groups is 2. The predicted molar refractivity (Wildman–Crippen MR) is 58.6 cm³/mol. The van der Waals surface area contributed by atoms with Gasteiger partial charge < -0.3 is 15.3 Å². The molecule has 10 heteroatoms. The van der Waals surface area contributed by atoms with E-state index in [1.54, 1.807) is 4.90 Å². The minimum atomic E-state index is -2.14. The molecule has 0 aliphatic heterocycles. The topological polar surface area (TPSA) is 140 Å². The lowest BCUT2D eigenvalue weighted by atomic mass is 10.5. The highest BCUT2D eigenvalue weighted by atomic mass is 16.8. The van der Waals surface area contributed by atoms with Crippen molar-refractivity contribution in [3.8, 4) is 0 Å². The first-order valence-electron chi connectivity index (χ1n) is 4.95. The van der Waals surface area contributed by atoms with E-state index in [1.807, 2.05) is 0 Å². The molecule has 0 saturated heterocycles. The summed E-state index contributed by atoms with van der Waals surface area (Å²) < 4.78 is 0. The first-order chi connectivity index (χ1) is 7.81. The molecule has 1 N–H and O–H groups in total. The van der Waals surface area contributed by atoms with Crippen molar-refractivity contribution in [2.75, 3.05) is 19.6 Å². The third-order valence-electron chi connectivity index (χ3n) is 1.99. The van der Waals surface area contributed by atoms with Crippen LogP contribution in [0.25, 0.3) is 0 Å². The summed E-state index contributed by atoms with van der Waals surface area (Å²) in [6.45, 7) is 10.5. The van der Waals surface area contributed by atoms with Crippen LogP contribution in [0.15, 0.2) is 0 Å². The third kappa shape index (κ3) is 7.90. The number of rotatable bonds is 3. The molecule has 0 aromatic rings. The zero-order valence-corrected chi connectivity index (χ0v) is 9.91. The smallest absolute Gasteiger partial charge is 0.602 e. The molecule has 0 radical (unpaired) electrons. The van der Waals surface area contributed by atoms with Crippen molar-refractivity contribution in [1.29, 1.82) is 0 Å². The highest BCUT2D eigenvalue weighted by Gasteiger charge is 2.37. The zero-order valence-electron chi connectivity index (χ0n) is 9.91. The third-order valence-corrected chi connectivity index (χ3v) is 1.99. The van der Waals surface area contributed by atoms with Gasteiger partial charge in [0, 0.05) is 0 Å². The van der Waals surface area contributed by atoms with Crippen molar-refractivity contribution in [3.63, 3.8) is 0 Å². The Morgan fingerprint density at radius 3 is 1.18 bits per heavy atom. The summed E-state index contributed by atoms with van der Waals surface area (Å²) in [6, 6.07) is 0. The normalized spacial score (nSPS) is 9.18. The van der Waals surface area contributed by atoms with E-state index in [9.17, 15) is 30.6 Å². The van der Waals surface area contributed by atoms with Gasteiger partial charge in [-0.15, -0.1) is 0 Å². The molecular weight excluding hydrogens is 236 g/mol. The number of nitrogens with one attached hydrogen (secondary N) is 1. The van der Waals surface area contributed by atoms with Crippen LogP contribution < -0.4 is 4.90 Å². The lowest BCUT2D eigenvalue weighted by Gasteiger charge is -2.10. The zero-order chi connectivity index (χ0) is 14.0. The van der Waals surface area contributed by atoms with Crippen molar-refractivity contribution in [3.05, 3.63) is 30.6 Å². The van der Waals surface area contributed by atoms with E-state index in [2.05, 4.69) is 20.8 Å². The van der Waals surface area contributed by atoms with Gasteiger partial charge in [0.15, 0.2) is 0 Å². The first kappa shape index (κ1) is 17.4. The van der Waals surface area contributed by atoms with Crippen LogP contribution in [0.4, 0.5) is 0 Å². The number of nitrogens with zero attached hydrogens (tertiary/aromatic N) is 3. The monoisotopic (exact) mass is 252 g/mol. The summed E-state index contributed by atoms with van der Waals surface area (Å²) in [4.78, 5) is 15.6. The van der Waals surface area contributed by atoms with Gasteiger partial charge >= 0.3 is 5.96 Å². The number of hydrogen-bond donors (Lipinski definition) is 1. The fourth-order valence-corrected chi connectivity index (χ4v) is 0.950. The van der Waals surface area contributed by atoms with E-state index >= 15 is 0 Å². The molecule has 0 bridgehead atoms. The largest absolute Gasteiger partial charge is 0.827 e. The Morgan fingerprint density at radius 2 is 1.18 bits per heavy atom. The van der Waals surface area contributed by atoms with Crippen molar-refractivity contribution in [2.24, 2.45) is 0 Å². The van der Waals surface area contributed by atoms with Crippen LogP contribution >= 0.6 is 0 Å². The molecular formula is C7H16N4O6. The molecule has 0 atom stereocenters. The van der Waals surface area contributed by atoms with Crippen LogP contribution in [0, 0.1) is 30.6 Å². The molecule has 17 heavy (non-hydrogen) atoms. The fraction of sp³-hybridized carbons (Fsp3) is 0.857. The molecule has 0 spiro atoms. The van der Waals surface area contributed by atoms with Crippen LogP contribution in [0.1, 0.15) is 20.8 Å². The van der Waals surface area contributed by atoms with Crippen molar-refractivity contribution in [2.45, 2.75) is 20.8 Å².